The van der Waals surface area contributed by atoms with E-state index in [1.807, 2.05) is 0 Å². The lowest BCUT2D eigenvalue weighted by molar-refractivity contribution is 0.0575. The molecule has 2 amide bonds. The number of carbonyl (C=O) groups excluding carboxylic acids is 1. The Morgan fingerprint density at radius 1 is 1.45 bits per heavy atom. The molecule has 5 nitrogen and oxygen atoms in total. The first kappa shape index (κ1) is 16.9. The van der Waals surface area contributed by atoms with Crippen LogP contribution in [-0.4, -0.2) is 42.8 Å². The molecule has 6 heteroatoms. The molecule has 2 atom stereocenters. The molecule has 0 bridgehead atoms. The number of nitrogens with zero attached hydrogens (tertiary/aromatic N) is 1. The van der Waals surface area contributed by atoms with Crippen molar-refractivity contribution in [2.45, 2.75) is 31.8 Å². The topological polar surface area (TPSA) is 61.8 Å². The number of urea groups is 1. The summed E-state index contributed by atoms with van der Waals surface area (Å²) in [5.41, 5.74) is 0.538. The van der Waals surface area contributed by atoms with E-state index in [-0.39, 0.29) is 18.1 Å². The minimum atomic E-state index is -0.315. The summed E-state index contributed by atoms with van der Waals surface area (Å²) in [6.45, 7) is 0.538. The summed E-state index contributed by atoms with van der Waals surface area (Å²) < 4.78 is 5.22. The van der Waals surface area contributed by atoms with Crippen LogP contribution >= 0.6 is 11.6 Å². The van der Waals surface area contributed by atoms with Crippen LogP contribution in [0.25, 0.3) is 0 Å². The number of aliphatic hydroxyl groups is 1. The van der Waals surface area contributed by atoms with E-state index < -0.39 is 0 Å². The van der Waals surface area contributed by atoms with E-state index in [9.17, 15) is 9.90 Å². The highest BCUT2D eigenvalue weighted by Gasteiger charge is 2.25. The molecule has 0 aromatic heterocycles. The molecule has 22 heavy (non-hydrogen) atoms. The molecule has 1 aliphatic carbocycles. The molecule has 0 saturated heterocycles. The Morgan fingerprint density at radius 3 is 2.86 bits per heavy atom. The van der Waals surface area contributed by atoms with Crippen LogP contribution in [0.3, 0.4) is 0 Å². The highest BCUT2D eigenvalue weighted by molar-refractivity contribution is 6.31. The second-order valence-corrected chi connectivity index (χ2v) is 6.20. The Labute approximate surface area is 136 Å². The van der Waals surface area contributed by atoms with Crippen molar-refractivity contribution in [3.05, 3.63) is 23.2 Å². The molecule has 1 fully saturated rings. The molecule has 1 saturated carbocycles. The second-order valence-electron chi connectivity index (χ2n) is 5.77. The molecular formula is C16H23ClN2O3. The van der Waals surface area contributed by atoms with Gasteiger partial charge in [0, 0.05) is 24.5 Å². The maximum absolute atomic E-state index is 12.3. The molecule has 2 N–H and O–H groups in total. The van der Waals surface area contributed by atoms with Gasteiger partial charge in [-0.25, -0.2) is 4.79 Å². The van der Waals surface area contributed by atoms with Crippen molar-refractivity contribution < 1.29 is 14.6 Å². The summed E-state index contributed by atoms with van der Waals surface area (Å²) in [6, 6.07) is 4.83. The minimum Gasteiger partial charge on any atom is -0.495 e. The highest BCUT2D eigenvalue weighted by Crippen LogP contribution is 2.28. The van der Waals surface area contributed by atoms with Crippen molar-refractivity contribution in [3.63, 3.8) is 0 Å². The van der Waals surface area contributed by atoms with E-state index in [4.69, 9.17) is 16.3 Å². The predicted octanol–water partition coefficient (Wildman–Crippen LogP) is 3.36. The monoisotopic (exact) mass is 326 g/mol. The first-order valence-electron chi connectivity index (χ1n) is 7.55. The quantitative estimate of drug-likeness (QED) is 0.891. The molecule has 1 aromatic carbocycles. The summed E-state index contributed by atoms with van der Waals surface area (Å²) in [5, 5.41) is 13.3. The number of benzene rings is 1. The number of anilines is 1. The van der Waals surface area contributed by atoms with Crippen molar-refractivity contribution in [3.8, 4) is 5.75 Å². The van der Waals surface area contributed by atoms with Gasteiger partial charge in [0.15, 0.2) is 0 Å². The fourth-order valence-corrected chi connectivity index (χ4v) is 3.00. The summed E-state index contributed by atoms with van der Waals surface area (Å²) in [7, 11) is 3.27. The second kappa shape index (κ2) is 7.70. The normalized spacial score (nSPS) is 21.3. The van der Waals surface area contributed by atoms with Crippen molar-refractivity contribution in [1.29, 1.82) is 0 Å². The molecule has 0 aliphatic heterocycles. The molecule has 0 radical (unpaired) electrons. The van der Waals surface area contributed by atoms with Crippen molar-refractivity contribution in [2.75, 3.05) is 26.0 Å². The van der Waals surface area contributed by atoms with Gasteiger partial charge in [-0.15, -0.1) is 0 Å². The SMILES string of the molecule is COc1ccc(Cl)cc1NC(=O)N(C)CC1CCCCC1O. The lowest BCUT2D eigenvalue weighted by Crippen LogP contribution is -2.40. The zero-order valence-electron chi connectivity index (χ0n) is 13.0. The Bertz CT molecular complexity index is 524. The average Bonchev–Trinajstić information content (AvgIpc) is 2.49. The minimum absolute atomic E-state index is 0.144. The van der Waals surface area contributed by atoms with Gasteiger partial charge in [0.25, 0.3) is 0 Å². The number of halogens is 1. The third kappa shape index (κ3) is 4.27. The van der Waals surface area contributed by atoms with E-state index in [1.54, 1.807) is 37.3 Å². The zero-order valence-corrected chi connectivity index (χ0v) is 13.8. The van der Waals surface area contributed by atoms with Crippen molar-refractivity contribution in [2.24, 2.45) is 5.92 Å². The number of carbonyl (C=O) groups is 1. The molecule has 0 spiro atoms. The third-order valence-corrected chi connectivity index (χ3v) is 4.36. The number of hydrogen-bond donors (Lipinski definition) is 2. The summed E-state index contributed by atoms with van der Waals surface area (Å²) in [4.78, 5) is 13.9. The fraction of sp³-hybridized carbons (Fsp3) is 0.562. The van der Waals surface area contributed by atoms with E-state index in [0.29, 0.717) is 23.0 Å². The average molecular weight is 327 g/mol. The number of nitrogens with one attached hydrogen (secondary N) is 1. The Morgan fingerprint density at radius 2 is 2.18 bits per heavy atom. The van der Waals surface area contributed by atoms with Crippen LogP contribution in [0.1, 0.15) is 25.7 Å². The van der Waals surface area contributed by atoms with Gasteiger partial charge >= 0.3 is 6.03 Å². The van der Waals surface area contributed by atoms with Gasteiger partial charge in [0.2, 0.25) is 0 Å². The Kier molecular flexibility index (Phi) is 5.91. The van der Waals surface area contributed by atoms with Crippen LogP contribution in [-0.2, 0) is 0 Å². The van der Waals surface area contributed by atoms with Crippen LogP contribution < -0.4 is 10.1 Å². The van der Waals surface area contributed by atoms with Crippen molar-refractivity contribution in [1.82, 2.24) is 4.90 Å². The Hall–Kier alpha value is -1.46. The number of rotatable bonds is 4. The first-order valence-corrected chi connectivity index (χ1v) is 7.92. The van der Waals surface area contributed by atoms with Crippen LogP contribution in [0.2, 0.25) is 5.02 Å². The van der Waals surface area contributed by atoms with E-state index in [1.165, 1.54) is 0 Å². The van der Waals surface area contributed by atoms with Crippen LogP contribution in [0.15, 0.2) is 18.2 Å². The van der Waals surface area contributed by atoms with Gasteiger partial charge in [-0.1, -0.05) is 24.4 Å². The highest BCUT2D eigenvalue weighted by atomic mass is 35.5. The standard InChI is InChI=1S/C16H23ClN2O3/c1-19(10-11-5-3-4-6-14(11)20)16(21)18-13-9-12(17)7-8-15(13)22-2/h7-9,11,14,20H,3-6,10H2,1-2H3,(H,18,21). The fourth-order valence-electron chi connectivity index (χ4n) is 2.82. The molecule has 2 rings (SSSR count). The molecule has 0 heterocycles. The number of methoxy groups -OCH3 is 1. The Balaban J connectivity index is 1.97. The third-order valence-electron chi connectivity index (χ3n) is 4.13. The van der Waals surface area contributed by atoms with Gasteiger partial charge < -0.3 is 20.1 Å². The predicted molar refractivity (Wildman–Crippen MR) is 87.6 cm³/mol. The van der Waals surface area contributed by atoms with Gasteiger partial charge in [-0.2, -0.15) is 0 Å². The first-order chi connectivity index (χ1) is 10.5. The van der Waals surface area contributed by atoms with Crippen LogP contribution in [0.4, 0.5) is 10.5 Å². The van der Waals surface area contributed by atoms with Crippen LogP contribution in [0, 0.1) is 5.92 Å². The molecule has 122 valence electrons. The van der Waals surface area contributed by atoms with Gasteiger partial charge in [-0.05, 0) is 31.0 Å². The van der Waals surface area contributed by atoms with Gasteiger partial charge in [0.05, 0.1) is 18.9 Å². The van der Waals surface area contributed by atoms with Gasteiger partial charge in [-0.3, -0.25) is 0 Å². The molecule has 1 aliphatic rings. The number of hydrogen-bond acceptors (Lipinski definition) is 3. The summed E-state index contributed by atoms with van der Waals surface area (Å²) in [5.74, 6) is 0.703. The number of ether oxygens (including phenoxy) is 1. The van der Waals surface area contributed by atoms with Crippen molar-refractivity contribution >= 4 is 23.3 Å². The largest absolute Gasteiger partial charge is 0.495 e. The lowest BCUT2D eigenvalue weighted by atomic mass is 9.86. The maximum atomic E-state index is 12.3. The lowest BCUT2D eigenvalue weighted by Gasteiger charge is -2.31. The number of amides is 2. The van der Waals surface area contributed by atoms with Crippen LogP contribution in [0.5, 0.6) is 5.75 Å². The van der Waals surface area contributed by atoms with E-state index in [0.717, 1.165) is 25.7 Å². The smallest absolute Gasteiger partial charge is 0.321 e. The molecule has 2 unspecified atom stereocenters. The summed E-state index contributed by atoms with van der Waals surface area (Å²) >= 11 is 5.96. The summed E-state index contributed by atoms with van der Waals surface area (Å²) in [6.07, 6.45) is 3.64. The van der Waals surface area contributed by atoms with E-state index in [2.05, 4.69) is 5.32 Å². The molecular weight excluding hydrogens is 304 g/mol. The van der Waals surface area contributed by atoms with Gasteiger partial charge in [0.1, 0.15) is 5.75 Å². The number of aliphatic hydroxyl groups excluding tert-OH is 1. The maximum Gasteiger partial charge on any atom is 0.321 e. The zero-order chi connectivity index (χ0) is 16.1. The molecule has 1 aromatic rings. The van der Waals surface area contributed by atoms with E-state index >= 15 is 0 Å².